The van der Waals surface area contributed by atoms with Gasteiger partial charge >= 0.3 is 0 Å². The fourth-order valence-electron chi connectivity index (χ4n) is 3.37. The van der Waals surface area contributed by atoms with Crippen LogP contribution in [-0.4, -0.2) is 0 Å². The van der Waals surface area contributed by atoms with Crippen molar-refractivity contribution in [3.63, 3.8) is 0 Å². The summed E-state index contributed by atoms with van der Waals surface area (Å²) in [5.74, 6) is 0. The highest BCUT2D eigenvalue weighted by molar-refractivity contribution is 6.30. The molecule has 22 heavy (non-hydrogen) atoms. The number of nitrogens with two attached hydrogens (primary N) is 1. The van der Waals surface area contributed by atoms with Gasteiger partial charge in [0.05, 0.1) is 0 Å². The van der Waals surface area contributed by atoms with Gasteiger partial charge < -0.3 is 5.32 Å². The second kappa shape index (κ2) is 5.60. The van der Waals surface area contributed by atoms with Crippen molar-refractivity contribution in [1.29, 1.82) is 0 Å². The Hall–Kier alpha value is -2.09. The number of benzene rings is 3. The average molecular weight is 307 g/mol. The predicted molar refractivity (Wildman–Crippen MR) is 90.8 cm³/mol. The summed E-state index contributed by atoms with van der Waals surface area (Å²) in [6.45, 7) is 0.924. The van der Waals surface area contributed by atoms with E-state index in [1.165, 1.54) is 27.8 Å². The molecule has 1 aliphatic carbocycles. The molecule has 3 aromatic rings. The van der Waals surface area contributed by atoms with E-state index >= 15 is 0 Å². The first-order valence-electron chi connectivity index (χ1n) is 7.59. The maximum absolute atomic E-state index is 6.09. The Morgan fingerprint density at radius 1 is 0.773 bits per heavy atom. The number of quaternary nitrogens is 1. The van der Waals surface area contributed by atoms with Crippen molar-refractivity contribution in [2.75, 3.05) is 0 Å². The summed E-state index contributed by atoms with van der Waals surface area (Å²) in [5.41, 5.74) is 6.81. The van der Waals surface area contributed by atoms with E-state index in [0.29, 0.717) is 6.04 Å². The second-order valence-electron chi connectivity index (χ2n) is 5.72. The summed E-state index contributed by atoms with van der Waals surface area (Å²) >= 11 is 6.09. The molecule has 0 aromatic heterocycles. The molecule has 0 heterocycles. The molecule has 0 radical (unpaired) electrons. The van der Waals surface area contributed by atoms with Crippen LogP contribution in [0.3, 0.4) is 0 Å². The molecule has 0 unspecified atom stereocenters. The van der Waals surface area contributed by atoms with Gasteiger partial charge in [0, 0.05) is 21.7 Å². The quantitative estimate of drug-likeness (QED) is 0.748. The van der Waals surface area contributed by atoms with Crippen LogP contribution >= 0.6 is 11.6 Å². The van der Waals surface area contributed by atoms with E-state index in [4.69, 9.17) is 11.6 Å². The topological polar surface area (TPSA) is 16.6 Å². The van der Waals surface area contributed by atoms with Crippen LogP contribution in [0.1, 0.15) is 22.7 Å². The van der Waals surface area contributed by atoms with Crippen molar-refractivity contribution < 1.29 is 5.32 Å². The fraction of sp³-hybridized carbons (Fsp3) is 0.100. The smallest absolute Gasteiger partial charge is 0.139 e. The van der Waals surface area contributed by atoms with E-state index in [1.807, 2.05) is 18.2 Å². The first-order valence-corrected chi connectivity index (χ1v) is 7.97. The van der Waals surface area contributed by atoms with E-state index in [-0.39, 0.29) is 0 Å². The normalized spacial score (nSPS) is 13.0. The van der Waals surface area contributed by atoms with Crippen molar-refractivity contribution in [2.24, 2.45) is 0 Å². The van der Waals surface area contributed by atoms with Crippen molar-refractivity contribution in [3.05, 3.63) is 94.5 Å². The summed E-state index contributed by atoms with van der Waals surface area (Å²) in [6.07, 6.45) is 0. The van der Waals surface area contributed by atoms with Crippen LogP contribution in [-0.2, 0) is 6.54 Å². The van der Waals surface area contributed by atoms with Crippen LogP contribution in [0.2, 0.25) is 5.02 Å². The minimum absolute atomic E-state index is 0.367. The van der Waals surface area contributed by atoms with Gasteiger partial charge in [-0.05, 0) is 23.3 Å². The predicted octanol–water partition coefficient (Wildman–Crippen LogP) is 4.17. The van der Waals surface area contributed by atoms with Crippen LogP contribution < -0.4 is 5.32 Å². The Labute approximate surface area is 135 Å². The van der Waals surface area contributed by atoms with E-state index < -0.39 is 0 Å². The van der Waals surface area contributed by atoms with Gasteiger partial charge in [-0.2, -0.15) is 0 Å². The van der Waals surface area contributed by atoms with Crippen molar-refractivity contribution in [2.45, 2.75) is 12.6 Å². The van der Waals surface area contributed by atoms with Crippen LogP contribution in [0.4, 0.5) is 0 Å². The molecule has 0 fully saturated rings. The van der Waals surface area contributed by atoms with Crippen molar-refractivity contribution in [1.82, 2.24) is 0 Å². The molecule has 4 rings (SSSR count). The molecule has 0 bridgehead atoms. The molecular formula is C20H17ClN+. The molecule has 1 aliphatic rings. The van der Waals surface area contributed by atoms with Gasteiger partial charge in [0.1, 0.15) is 12.6 Å². The molecule has 0 saturated heterocycles. The Balaban J connectivity index is 1.67. The number of halogens is 1. The molecule has 0 atom stereocenters. The number of fused-ring (bicyclic) bond motifs is 3. The van der Waals surface area contributed by atoms with Crippen LogP contribution in [0.25, 0.3) is 11.1 Å². The lowest BCUT2D eigenvalue weighted by atomic mass is 10.0. The van der Waals surface area contributed by atoms with Crippen LogP contribution in [0, 0.1) is 0 Å². The summed E-state index contributed by atoms with van der Waals surface area (Å²) < 4.78 is 0. The molecule has 2 N–H and O–H groups in total. The van der Waals surface area contributed by atoms with Gasteiger partial charge in [0.2, 0.25) is 0 Å². The first kappa shape index (κ1) is 13.6. The standard InChI is InChI=1S/C20H16ClN/c21-15-7-5-6-14(12-15)13-22-20-18-10-3-1-8-16(18)17-9-2-4-11-19(17)20/h1-12,20,22H,13H2/p+1. The lowest BCUT2D eigenvalue weighted by Crippen LogP contribution is -2.83. The minimum Gasteiger partial charge on any atom is -0.332 e. The molecule has 1 nitrogen and oxygen atoms in total. The highest BCUT2D eigenvalue weighted by Gasteiger charge is 2.30. The zero-order valence-electron chi connectivity index (χ0n) is 12.2. The Morgan fingerprint density at radius 3 is 2.05 bits per heavy atom. The Kier molecular flexibility index (Phi) is 3.45. The largest absolute Gasteiger partial charge is 0.332 e. The highest BCUT2D eigenvalue weighted by Crippen LogP contribution is 2.41. The van der Waals surface area contributed by atoms with Crippen LogP contribution in [0.5, 0.6) is 0 Å². The van der Waals surface area contributed by atoms with E-state index in [9.17, 15) is 0 Å². The first-order chi connectivity index (χ1) is 10.8. The second-order valence-corrected chi connectivity index (χ2v) is 6.16. The maximum atomic E-state index is 6.09. The average Bonchev–Trinajstić information content (AvgIpc) is 2.87. The van der Waals surface area contributed by atoms with Gasteiger partial charge in [-0.1, -0.05) is 72.3 Å². The van der Waals surface area contributed by atoms with E-state index in [0.717, 1.165) is 11.6 Å². The number of rotatable bonds is 3. The van der Waals surface area contributed by atoms with Gasteiger partial charge in [0.15, 0.2) is 0 Å². The molecule has 0 amide bonds. The van der Waals surface area contributed by atoms with Crippen molar-refractivity contribution >= 4 is 11.6 Å². The van der Waals surface area contributed by atoms with Gasteiger partial charge in [0.25, 0.3) is 0 Å². The minimum atomic E-state index is 0.367. The number of hydrogen-bond acceptors (Lipinski definition) is 0. The molecule has 0 aliphatic heterocycles. The van der Waals surface area contributed by atoms with Crippen LogP contribution in [0.15, 0.2) is 72.8 Å². The molecule has 0 spiro atoms. The summed E-state index contributed by atoms with van der Waals surface area (Å²) in [4.78, 5) is 0. The third-order valence-electron chi connectivity index (χ3n) is 4.36. The van der Waals surface area contributed by atoms with Gasteiger partial charge in [-0.15, -0.1) is 0 Å². The number of hydrogen-bond donors (Lipinski definition) is 1. The maximum Gasteiger partial charge on any atom is 0.139 e. The summed E-state index contributed by atoms with van der Waals surface area (Å²) in [7, 11) is 0. The summed E-state index contributed by atoms with van der Waals surface area (Å²) in [5, 5.41) is 3.20. The molecule has 3 aromatic carbocycles. The van der Waals surface area contributed by atoms with Gasteiger partial charge in [-0.25, -0.2) is 0 Å². The zero-order valence-corrected chi connectivity index (χ0v) is 12.9. The SMILES string of the molecule is Clc1cccc(C[NH2+]C2c3ccccc3-c3ccccc32)c1. The van der Waals surface area contributed by atoms with E-state index in [1.54, 1.807) is 0 Å². The highest BCUT2D eigenvalue weighted by atomic mass is 35.5. The lowest BCUT2D eigenvalue weighted by molar-refractivity contribution is -0.701. The third kappa shape index (κ3) is 2.33. The monoisotopic (exact) mass is 306 g/mol. The zero-order chi connectivity index (χ0) is 14.9. The Bertz CT molecular complexity index is 780. The molecule has 0 saturated carbocycles. The van der Waals surface area contributed by atoms with Gasteiger partial charge in [-0.3, -0.25) is 0 Å². The van der Waals surface area contributed by atoms with E-state index in [2.05, 4.69) is 59.9 Å². The molecule has 108 valence electrons. The van der Waals surface area contributed by atoms with Crippen molar-refractivity contribution in [3.8, 4) is 11.1 Å². The lowest BCUT2D eigenvalue weighted by Gasteiger charge is -2.12. The summed E-state index contributed by atoms with van der Waals surface area (Å²) in [6, 6.07) is 25.9. The fourth-order valence-corrected chi connectivity index (χ4v) is 3.58. The molecular weight excluding hydrogens is 290 g/mol. The molecule has 2 heteroatoms. The third-order valence-corrected chi connectivity index (χ3v) is 4.60. The Morgan fingerprint density at radius 2 is 1.41 bits per heavy atom.